The zero-order chi connectivity index (χ0) is 16.3. The molecule has 5 nitrogen and oxygen atoms in total. The van der Waals surface area contributed by atoms with Crippen LogP contribution in [0.3, 0.4) is 0 Å². The molecule has 2 atom stereocenters. The summed E-state index contributed by atoms with van der Waals surface area (Å²) in [5, 5.41) is 0. The van der Waals surface area contributed by atoms with Crippen LogP contribution >= 0.6 is 15.9 Å². The first-order valence-corrected chi connectivity index (χ1v) is 7.71. The Labute approximate surface area is 136 Å². The fourth-order valence-electron chi connectivity index (χ4n) is 2.33. The number of carbonyl (C=O) groups excluding carboxylic acids is 2. The fourth-order valence-corrected chi connectivity index (χ4v) is 2.85. The van der Waals surface area contributed by atoms with Crippen molar-refractivity contribution in [2.75, 3.05) is 19.7 Å². The molecule has 120 valence electrons. The van der Waals surface area contributed by atoms with Crippen LogP contribution in [0.25, 0.3) is 0 Å². The Morgan fingerprint density at radius 2 is 2.00 bits per heavy atom. The first-order chi connectivity index (χ1) is 10.4. The highest BCUT2D eigenvalue weighted by molar-refractivity contribution is 9.10. The molecule has 22 heavy (non-hydrogen) atoms. The normalized spacial score (nSPS) is 21.5. The SMILES string of the molecule is C[C@@H]1CN(C(=O)COC(=O)c2ccc(F)cc2Br)C[C@H](C)O1. The minimum atomic E-state index is -0.672. The molecule has 1 amide bonds. The van der Waals surface area contributed by atoms with E-state index in [2.05, 4.69) is 15.9 Å². The van der Waals surface area contributed by atoms with Crippen molar-refractivity contribution in [1.29, 1.82) is 0 Å². The topological polar surface area (TPSA) is 55.8 Å². The maximum atomic E-state index is 13.0. The second-order valence-corrected chi connectivity index (χ2v) is 6.11. The Hall–Kier alpha value is -1.47. The first-order valence-electron chi connectivity index (χ1n) is 6.92. The van der Waals surface area contributed by atoms with Gasteiger partial charge in [-0.3, -0.25) is 4.79 Å². The van der Waals surface area contributed by atoms with Crippen LogP contribution in [0.15, 0.2) is 22.7 Å². The van der Waals surface area contributed by atoms with Gasteiger partial charge >= 0.3 is 5.97 Å². The average Bonchev–Trinajstić information content (AvgIpc) is 2.43. The molecule has 7 heteroatoms. The predicted molar refractivity (Wildman–Crippen MR) is 81.0 cm³/mol. The van der Waals surface area contributed by atoms with E-state index in [1.54, 1.807) is 4.90 Å². The smallest absolute Gasteiger partial charge is 0.339 e. The highest BCUT2D eigenvalue weighted by Crippen LogP contribution is 2.19. The van der Waals surface area contributed by atoms with E-state index in [9.17, 15) is 14.0 Å². The number of hydrogen-bond acceptors (Lipinski definition) is 4. The van der Waals surface area contributed by atoms with Crippen LogP contribution in [0.4, 0.5) is 4.39 Å². The number of benzene rings is 1. The molecule has 0 bridgehead atoms. The van der Waals surface area contributed by atoms with Crippen LogP contribution < -0.4 is 0 Å². The number of halogens is 2. The number of nitrogens with zero attached hydrogens (tertiary/aromatic N) is 1. The second kappa shape index (κ2) is 7.19. The van der Waals surface area contributed by atoms with Crippen LogP contribution in [-0.2, 0) is 14.3 Å². The van der Waals surface area contributed by atoms with Crippen molar-refractivity contribution in [2.45, 2.75) is 26.1 Å². The summed E-state index contributed by atoms with van der Waals surface area (Å²) in [6.45, 7) is 4.37. The van der Waals surface area contributed by atoms with E-state index in [0.29, 0.717) is 17.6 Å². The maximum Gasteiger partial charge on any atom is 0.339 e. The van der Waals surface area contributed by atoms with E-state index in [-0.39, 0.29) is 30.3 Å². The number of rotatable bonds is 3. The van der Waals surface area contributed by atoms with E-state index >= 15 is 0 Å². The molecule has 1 fully saturated rings. The zero-order valence-electron chi connectivity index (χ0n) is 12.3. The van der Waals surface area contributed by atoms with Gasteiger partial charge in [-0.15, -0.1) is 0 Å². The van der Waals surface area contributed by atoms with Gasteiger partial charge in [0, 0.05) is 17.6 Å². The summed E-state index contributed by atoms with van der Waals surface area (Å²) >= 11 is 3.09. The molecule has 0 saturated carbocycles. The van der Waals surface area contributed by atoms with E-state index in [1.807, 2.05) is 13.8 Å². The lowest BCUT2D eigenvalue weighted by molar-refractivity contribution is -0.146. The molecule has 2 rings (SSSR count). The van der Waals surface area contributed by atoms with Crippen molar-refractivity contribution in [1.82, 2.24) is 4.90 Å². The van der Waals surface area contributed by atoms with E-state index in [0.717, 1.165) is 6.07 Å². The fraction of sp³-hybridized carbons (Fsp3) is 0.467. The molecular weight excluding hydrogens is 357 g/mol. The number of ether oxygens (including phenoxy) is 2. The summed E-state index contributed by atoms with van der Waals surface area (Å²) in [5.41, 5.74) is 0.179. The van der Waals surface area contributed by atoms with Crippen LogP contribution in [0.2, 0.25) is 0 Å². The van der Waals surface area contributed by atoms with Crippen LogP contribution in [0.1, 0.15) is 24.2 Å². The molecule has 0 spiro atoms. The van der Waals surface area contributed by atoms with Crippen LogP contribution in [0, 0.1) is 5.82 Å². The third-order valence-electron chi connectivity index (χ3n) is 3.25. The van der Waals surface area contributed by atoms with Crippen molar-refractivity contribution >= 4 is 27.8 Å². The first kappa shape index (κ1) is 16.9. The molecule has 1 saturated heterocycles. The lowest BCUT2D eigenvalue weighted by atomic mass is 10.2. The molecular formula is C15H17BrFNO4. The van der Waals surface area contributed by atoms with Crippen LogP contribution in [-0.4, -0.2) is 48.7 Å². The Kier molecular flexibility index (Phi) is 5.52. The molecule has 1 aliphatic rings. The van der Waals surface area contributed by atoms with Gasteiger partial charge in [0.2, 0.25) is 0 Å². The van der Waals surface area contributed by atoms with Gasteiger partial charge in [0.05, 0.1) is 17.8 Å². The Balaban J connectivity index is 1.91. The quantitative estimate of drug-likeness (QED) is 0.763. The summed E-state index contributed by atoms with van der Waals surface area (Å²) in [5.74, 6) is -1.40. The van der Waals surface area contributed by atoms with Crippen molar-refractivity contribution in [3.8, 4) is 0 Å². The van der Waals surface area contributed by atoms with Gasteiger partial charge in [-0.1, -0.05) is 0 Å². The molecule has 0 unspecified atom stereocenters. The van der Waals surface area contributed by atoms with E-state index < -0.39 is 11.8 Å². The minimum Gasteiger partial charge on any atom is -0.452 e. The summed E-state index contributed by atoms with van der Waals surface area (Å²) in [6, 6.07) is 3.64. The molecule has 1 aliphatic heterocycles. The molecule has 0 N–H and O–H groups in total. The maximum absolute atomic E-state index is 13.0. The highest BCUT2D eigenvalue weighted by Gasteiger charge is 2.26. The summed E-state index contributed by atoms with van der Waals surface area (Å²) in [4.78, 5) is 25.6. The molecule has 0 aromatic heterocycles. The van der Waals surface area contributed by atoms with Crippen molar-refractivity contribution in [2.24, 2.45) is 0 Å². The minimum absolute atomic E-state index is 0.0466. The monoisotopic (exact) mass is 373 g/mol. The molecule has 1 aromatic rings. The number of esters is 1. The van der Waals surface area contributed by atoms with Gasteiger partial charge in [0.15, 0.2) is 6.61 Å². The number of amides is 1. The van der Waals surface area contributed by atoms with E-state index in [1.165, 1.54) is 12.1 Å². The number of carbonyl (C=O) groups is 2. The molecule has 0 aliphatic carbocycles. The third kappa shape index (κ3) is 4.27. The van der Waals surface area contributed by atoms with Gasteiger partial charge in [-0.25, -0.2) is 9.18 Å². The standard InChI is InChI=1S/C15H17BrFNO4/c1-9-6-18(7-10(2)22-9)14(19)8-21-15(20)12-4-3-11(17)5-13(12)16/h3-5,9-10H,6-8H2,1-2H3/t9-,10+. The lowest BCUT2D eigenvalue weighted by Gasteiger charge is -2.35. The Bertz CT molecular complexity index is 571. The molecule has 1 aromatic carbocycles. The lowest BCUT2D eigenvalue weighted by Crippen LogP contribution is -2.49. The largest absolute Gasteiger partial charge is 0.452 e. The Morgan fingerprint density at radius 1 is 1.36 bits per heavy atom. The van der Waals surface area contributed by atoms with Gasteiger partial charge in [0.25, 0.3) is 5.91 Å². The van der Waals surface area contributed by atoms with Crippen molar-refractivity contribution in [3.05, 3.63) is 34.1 Å². The van der Waals surface area contributed by atoms with Gasteiger partial charge < -0.3 is 14.4 Å². The van der Waals surface area contributed by atoms with Crippen molar-refractivity contribution < 1.29 is 23.5 Å². The number of morpholine rings is 1. The highest BCUT2D eigenvalue weighted by atomic mass is 79.9. The van der Waals surface area contributed by atoms with Gasteiger partial charge in [-0.2, -0.15) is 0 Å². The van der Waals surface area contributed by atoms with Gasteiger partial charge in [0.1, 0.15) is 5.82 Å². The second-order valence-electron chi connectivity index (χ2n) is 5.26. The Morgan fingerprint density at radius 3 is 2.59 bits per heavy atom. The summed E-state index contributed by atoms with van der Waals surface area (Å²) < 4.78 is 23.8. The van der Waals surface area contributed by atoms with Crippen molar-refractivity contribution in [3.63, 3.8) is 0 Å². The number of hydrogen-bond donors (Lipinski definition) is 0. The van der Waals surface area contributed by atoms with Crippen LogP contribution in [0.5, 0.6) is 0 Å². The van der Waals surface area contributed by atoms with E-state index in [4.69, 9.17) is 9.47 Å². The summed E-state index contributed by atoms with van der Waals surface area (Å²) in [7, 11) is 0. The summed E-state index contributed by atoms with van der Waals surface area (Å²) in [6.07, 6.45) is -0.0933. The predicted octanol–water partition coefficient (Wildman–Crippen LogP) is 2.38. The van der Waals surface area contributed by atoms with Gasteiger partial charge in [-0.05, 0) is 48.0 Å². The zero-order valence-corrected chi connectivity index (χ0v) is 13.9. The molecule has 1 heterocycles. The average molecular weight is 374 g/mol. The third-order valence-corrected chi connectivity index (χ3v) is 3.91. The molecule has 0 radical (unpaired) electrons.